The van der Waals surface area contributed by atoms with Crippen LogP contribution in [0.4, 0.5) is 5.13 Å². The Bertz CT molecular complexity index is 1080. The molecule has 6 nitrogen and oxygen atoms in total. The number of hydrogen-bond donors (Lipinski definition) is 2. The Kier molecular flexibility index (Phi) is 9.44. The van der Waals surface area contributed by atoms with Crippen molar-refractivity contribution < 1.29 is 4.74 Å². The van der Waals surface area contributed by atoms with Crippen LogP contribution in [0.3, 0.4) is 0 Å². The Balaban J connectivity index is 0.00000149. The summed E-state index contributed by atoms with van der Waals surface area (Å²) in [4.78, 5) is 13.6. The predicted molar refractivity (Wildman–Crippen MR) is 140 cm³/mol. The van der Waals surface area contributed by atoms with E-state index in [-0.39, 0.29) is 0 Å². The Labute approximate surface area is 200 Å². The van der Waals surface area contributed by atoms with Crippen molar-refractivity contribution in [2.75, 3.05) is 18.4 Å². The molecule has 2 aromatic rings. The van der Waals surface area contributed by atoms with Crippen molar-refractivity contribution in [1.82, 2.24) is 15.3 Å². The van der Waals surface area contributed by atoms with Crippen molar-refractivity contribution in [2.24, 2.45) is 4.99 Å². The number of nitrogens with zero attached hydrogens (tertiary/aromatic N) is 3. The van der Waals surface area contributed by atoms with Gasteiger partial charge in [-0.1, -0.05) is 32.1 Å². The summed E-state index contributed by atoms with van der Waals surface area (Å²) in [5.74, 6) is 2.09. The molecule has 0 bridgehead atoms. The molecule has 0 saturated carbocycles. The standard InChI is InChI=1S/C24H27N5OS.C2H6/c1-3-19(15-17(2)18-9-5-4-6-10-18)30-22-20(11-7-12-25-22)21-16-31-24(28-21)29-23-26-13-8-14-27-23;1-2/h3-5,7,9,11-12,15-16H,6,8,10,13-14H2,1-2H3,(H2,26,27,28,29);1-2H3/b17-15+,19-3+;. The van der Waals surface area contributed by atoms with Crippen molar-refractivity contribution >= 4 is 22.4 Å². The fourth-order valence-electron chi connectivity index (χ4n) is 3.36. The van der Waals surface area contributed by atoms with Gasteiger partial charge in [0.05, 0.1) is 11.3 Å². The second-order valence-electron chi connectivity index (χ2n) is 7.31. The molecule has 0 fully saturated rings. The number of pyridine rings is 1. The molecule has 3 heterocycles. The average Bonchev–Trinajstić information content (AvgIpc) is 3.34. The third kappa shape index (κ3) is 6.89. The number of rotatable bonds is 6. The second kappa shape index (κ2) is 12.7. The van der Waals surface area contributed by atoms with E-state index in [1.807, 2.05) is 44.4 Å². The van der Waals surface area contributed by atoms with Gasteiger partial charge in [-0.15, -0.1) is 11.3 Å². The third-order valence-electron chi connectivity index (χ3n) is 5.05. The van der Waals surface area contributed by atoms with E-state index in [1.54, 1.807) is 6.20 Å². The zero-order valence-electron chi connectivity index (χ0n) is 19.9. The van der Waals surface area contributed by atoms with E-state index in [0.29, 0.717) is 5.88 Å². The molecule has 0 unspecified atom stereocenters. The van der Waals surface area contributed by atoms with Crippen LogP contribution in [-0.4, -0.2) is 29.0 Å². The molecule has 0 saturated heterocycles. The van der Waals surface area contributed by atoms with Gasteiger partial charge in [-0.25, -0.2) is 9.97 Å². The average molecular weight is 464 g/mol. The van der Waals surface area contributed by atoms with Gasteiger partial charge in [0, 0.05) is 24.7 Å². The molecule has 0 aromatic carbocycles. The zero-order chi connectivity index (χ0) is 23.5. The molecule has 7 heteroatoms. The Morgan fingerprint density at radius 2 is 2.18 bits per heavy atom. The first-order chi connectivity index (χ1) is 16.2. The number of thiazole rings is 1. The van der Waals surface area contributed by atoms with E-state index in [1.165, 1.54) is 22.5 Å². The summed E-state index contributed by atoms with van der Waals surface area (Å²) in [5, 5.41) is 9.30. The Morgan fingerprint density at radius 1 is 1.30 bits per heavy atom. The highest BCUT2D eigenvalue weighted by molar-refractivity contribution is 7.14. The van der Waals surface area contributed by atoms with Crippen LogP contribution in [0.1, 0.15) is 47.0 Å². The fourth-order valence-corrected chi connectivity index (χ4v) is 4.07. The Hall–Kier alpha value is -3.19. The summed E-state index contributed by atoms with van der Waals surface area (Å²) in [6.07, 6.45) is 15.4. The first kappa shape index (κ1) is 24.5. The number of aromatic nitrogens is 2. The van der Waals surface area contributed by atoms with E-state index in [9.17, 15) is 0 Å². The van der Waals surface area contributed by atoms with Gasteiger partial charge < -0.3 is 15.4 Å². The van der Waals surface area contributed by atoms with Gasteiger partial charge in [0.15, 0.2) is 11.1 Å². The summed E-state index contributed by atoms with van der Waals surface area (Å²) < 4.78 is 6.21. The normalized spacial score (nSPS) is 16.1. The lowest BCUT2D eigenvalue weighted by atomic mass is 9.98. The van der Waals surface area contributed by atoms with Gasteiger partial charge in [-0.3, -0.25) is 4.99 Å². The summed E-state index contributed by atoms with van der Waals surface area (Å²) >= 11 is 1.53. The maximum Gasteiger partial charge on any atom is 0.228 e. The van der Waals surface area contributed by atoms with E-state index in [4.69, 9.17) is 9.72 Å². The lowest BCUT2D eigenvalue weighted by Crippen LogP contribution is -2.35. The highest BCUT2D eigenvalue weighted by Crippen LogP contribution is 2.32. The molecular formula is C26H33N5OS. The van der Waals surface area contributed by atoms with Crippen LogP contribution in [0.25, 0.3) is 11.3 Å². The van der Waals surface area contributed by atoms with Gasteiger partial charge in [0.25, 0.3) is 0 Å². The van der Waals surface area contributed by atoms with Crippen molar-refractivity contribution in [2.45, 2.75) is 47.0 Å². The lowest BCUT2D eigenvalue weighted by Gasteiger charge is -2.14. The quantitative estimate of drug-likeness (QED) is 0.378. The molecule has 174 valence electrons. The number of hydrogen-bond acceptors (Lipinski definition) is 7. The van der Waals surface area contributed by atoms with Crippen LogP contribution in [0, 0.1) is 0 Å². The SMILES string of the molecule is C/C=C(\C=C(/C)C1=CC=CCC1)Oc1ncccc1-c1csc(NC2=NCCCN2)n1.CC. The molecule has 0 spiro atoms. The van der Waals surface area contributed by atoms with Crippen LogP contribution in [0.2, 0.25) is 0 Å². The van der Waals surface area contributed by atoms with Gasteiger partial charge in [0.1, 0.15) is 5.76 Å². The molecule has 2 aromatic heterocycles. The minimum absolute atomic E-state index is 0.544. The van der Waals surface area contributed by atoms with Crippen LogP contribution in [0.5, 0.6) is 5.88 Å². The molecule has 0 radical (unpaired) electrons. The van der Waals surface area contributed by atoms with Crippen molar-refractivity contribution in [3.8, 4) is 17.1 Å². The molecule has 2 N–H and O–H groups in total. The van der Waals surface area contributed by atoms with Crippen LogP contribution in [-0.2, 0) is 0 Å². The molecule has 33 heavy (non-hydrogen) atoms. The number of guanidine groups is 1. The third-order valence-corrected chi connectivity index (χ3v) is 5.81. The summed E-state index contributed by atoms with van der Waals surface area (Å²) in [5.41, 5.74) is 4.22. The number of anilines is 1. The summed E-state index contributed by atoms with van der Waals surface area (Å²) in [7, 11) is 0. The van der Waals surface area contributed by atoms with E-state index in [2.05, 4.69) is 51.8 Å². The summed E-state index contributed by atoms with van der Waals surface area (Å²) in [6, 6.07) is 3.88. The first-order valence-corrected chi connectivity index (χ1v) is 12.5. The minimum atomic E-state index is 0.544. The van der Waals surface area contributed by atoms with Crippen molar-refractivity contribution in [3.63, 3.8) is 0 Å². The van der Waals surface area contributed by atoms with Gasteiger partial charge in [-0.05, 0) is 68.5 Å². The van der Waals surface area contributed by atoms with E-state index in [0.717, 1.165) is 60.5 Å². The molecule has 0 atom stereocenters. The van der Waals surface area contributed by atoms with Crippen molar-refractivity contribution in [3.05, 3.63) is 71.0 Å². The zero-order valence-corrected chi connectivity index (χ0v) is 20.7. The molecular weight excluding hydrogens is 430 g/mol. The van der Waals surface area contributed by atoms with Crippen LogP contribution in [0.15, 0.2) is 76.0 Å². The molecule has 0 amide bonds. The topological polar surface area (TPSA) is 71.4 Å². The van der Waals surface area contributed by atoms with Gasteiger partial charge in [-0.2, -0.15) is 0 Å². The van der Waals surface area contributed by atoms with E-state index >= 15 is 0 Å². The maximum atomic E-state index is 6.21. The maximum absolute atomic E-state index is 6.21. The summed E-state index contributed by atoms with van der Waals surface area (Å²) in [6.45, 7) is 9.86. The van der Waals surface area contributed by atoms with E-state index < -0.39 is 0 Å². The van der Waals surface area contributed by atoms with Gasteiger partial charge in [0.2, 0.25) is 5.88 Å². The molecule has 1 aliphatic heterocycles. The monoisotopic (exact) mass is 463 g/mol. The number of aliphatic imine (C=N–C) groups is 1. The first-order valence-electron chi connectivity index (χ1n) is 11.6. The van der Waals surface area contributed by atoms with Crippen LogP contribution >= 0.6 is 11.3 Å². The highest BCUT2D eigenvalue weighted by atomic mass is 32.1. The van der Waals surface area contributed by atoms with Gasteiger partial charge >= 0.3 is 0 Å². The van der Waals surface area contributed by atoms with Crippen molar-refractivity contribution in [1.29, 1.82) is 0 Å². The highest BCUT2D eigenvalue weighted by Gasteiger charge is 2.14. The predicted octanol–water partition coefficient (Wildman–Crippen LogP) is 6.50. The molecule has 2 aliphatic rings. The Morgan fingerprint density at radius 3 is 2.91 bits per heavy atom. The minimum Gasteiger partial charge on any atom is -0.439 e. The van der Waals surface area contributed by atoms with Crippen LogP contribution < -0.4 is 15.4 Å². The molecule has 1 aliphatic carbocycles. The second-order valence-corrected chi connectivity index (χ2v) is 8.17. The lowest BCUT2D eigenvalue weighted by molar-refractivity contribution is 0.427. The number of allylic oxidation sites excluding steroid dienone is 7. The molecule has 4 rings (SSSR count). The smallest absolute Gasteiger partial charge is 0.228 e. The fraction of sp³-hybridized carbons (Fsp3) is 0.346. The number of nitrogens with one attached hydrogen (secondary N) is 2. The number of ether oxygens (including phenoxy) is 1. The largest absolute Gasteiger partial charge is 0.439 e.